The summed E-state index contributed by atoms with van der Waals surface area (Å²) in [7, 11) is 1.64. The van der Waals surface area contributed by atoms with E-state index in [0.29, 0.717) is 18.1 Å². The molecule has 5 rings (SSSR count). The number of aromatic nitrogens is 2. The molecule has 0 saturated carbocycles. The first kappa shape index (κ1) is 25.7. The summed E-state index contributed by atoms with van der Waals surface area (Å²) in [5.74, 6) is 2.04. The van der Waals surface area contributed by atoms with E-state index in [1.807, 2.05) is 61.5 Å². The Balaban J connectivity index is 1.34. The van der Waals surface area contributed by atoms with Gasteiger partial charge in [0.25, 0.3) is 0 Å². The number of hydrogen-bond acceptors (Lipinski definition) is 8. The molecule has 4 aromatic rings. The van der Waals surface area contributed by atoms with Crippen LogP contribution in [-0.4, -0.2) is 48.2 Å². The summed E-state index contributed by atoms with van der Waals surface area (Å²) in [6, 6.07) is 19.9. The zero-order chi connectivity index (χ0) is 26.3. The van der Waals surface area contributed by atoms with Crippen molar-refractivity contribution in [1.82, 2.24) is 14.9 Å². The Kier molecular flexibility index (Phi) is 8.17. The molecule has 1 aliphatic heterocycles. The zero-order valence-electron chi connectivity index (χ0n) is 21.7. The van der Waals surface area contributed by atoms with Crippen LogP contribution in [-0.2, 0) is 0 Å². The molecule has 194 valence electrons. The van der Waals surface area contributed by atoms with Crippen LogP contribution >= 0.6 is 11.3 Å². The van der Waals surface area contributed by atoms with Gasteiger partial charge in [-0.25, -0.2) is 9.97 Å². The number of anilines is 2. The molecule has 0 bridgehead atoms. The zero-order valence-corrected chi connectivity index (χ0v) is 22.6. The lowest BCUT2D eigenvalue weighted by molar-refractivity contribution is 0.263. The van der Waals surface area contributed by atoms with Crippen LogP contribution in [0.4, 0.5) is 11.6 Å². The molecule has 0 radical (unpaired) electrons. The molecular formula is C30H31N5O2S. The second-order valence-electron chi connectivity index (χ2n) is 9.25. The number of hydrogen-bond donors (Lipinski definition) is 1. The molecule has 1 saturated heterocycles. The Morgan fingerprint density at radius 2 is 1.89 bits per heavy atom. The standard InChI is InChI=1S/C30H31N5O2S/c1-21-26(20-31)28(22-8-5-10-24(18-22)36-2)29(38-21)27-12-13-32-30(34-27)33-23-9-6-11-25(19-23)37-17-7-16-35-14-3-4-15-35/h5-6,8-13,18-19H,3-4,7,14-17H2,1-2H3,(H,32,33,34). The summed E-state index contributed by atoms with van der Waals surface area (Å²) in [5.41, 5.74) is 4.04. The number of thiophene rings is 1. The molecule has 2 aromatic carbocycles. The quantitative estimate of drug-likeness (QED) is 0.232. The van der Waals surface area contributed by atoms with E-state index in [1.165, 1.54) is 25.9 Å². The van der Waals surface area contributed by atoms with Crippen LogP contribution in [0.3, 0.4) is 0 Å². The Morgan fingerprint density at radius 3 is 2.71 bits per heavy atom. The number of methoxy groups -OCH3 is 1. The second-order valence-corrected chi connectivity index (χ2v) is 10.5. The first-order valence-corrected chi connectivity index (χ1v) is 13.7. The van der Waals surface area contributed by atoms with E-state index in [-0.39, 0.29) is 0 Å². The highest BCUT2D eigenvalue weighted by atomic mass is 32.1. The predicted octanol–water partition coefficient (Wildman–Crippen LogP) is 6.67. The van der Waals surface area contributed by atoms with E-state index in [0.717, 1.165) is 56.7 Å². The minimum absolute atomic E-state index is 0.481. The van der Waals surface area contributed by atoms with E-state index in [1.54, 1.807) is 24.6 Å². The van der Waals surface area contributed by atoms with Gasteiger partial charge in [-0.15, -0.1) is 11.3 Å². The molecule has 0 aliphatic carbocycles. The predicted molar refractivity (Wildman–Crippen MR) is 152 cm³/mol. The lowest BCUT2D eigenvalue weighted by atomic mass is 9.99. The fourth-order valence-electron chi connectivity index (χ4n) is 4.74. The number of nitrogens with one attached hydrogen (secondary N) is 1. The molecule has 1 aliphatic rings. The van der Waals surface area contributed by atoms with Crippen molar-refractivity contribution in [2.75, 3.05) is 38.7 Å². The highest BCUT2D eigenvalue weighted by Crippen LogP contribution is 2.43. The number of aryl methyl sites for hydroxylation is 1. The first-order chi connectivity index (χ1) is 18.6. The third kappa shape index (κ3) is 5.96. The third-order valence-electron chi connectivity index (χ3n) is 6.62. The maximum atomic E-state index is 9.92. The van der Waals surface area contributed by atoms with Crippen LogP contribution in [0.5, 0.6) is 11.5 Å². The number of ether oxygens (including phenoxy) is 2. The topological polar surface area (TPSA) is 83.3 Å². The fraction of sp³-hybridized carbons (Fsp3) is 0.300. The van der Waals surface area contributed by atoms with Crippen LogP contribution < -0.4 is 14.8 Å². The van der Waals surface area contributed by atoms with Crippen molar-refractivity contribution in [1.29, 1.82) is 5.26 Å². The fourth-order valence-corrected chi connectivity index (χ4v) is 5.83. The molecule has 1 fully saturated rings. The SMILES string of the molecule is COc1cccc(-c2c(-c3ccnc(Nc4cccc(OCCCN5CCCC5)c4)n3)sc(C)c2C#N)c1. The molecule has 0 atom stereocenters. The Labute approximate surface area is 227 Å². The van der Waals surface area contributed by atoms with Crippen molar-refractivity contribution >= 4 is 23.0 Å². The summed E-state index contributed by atoms with van der Waals surface area (Å²) in [6.07, 6.45) is 5.38. The van der Waals surface area contributed by atoms with Gasteiger partial charge < -0.3 is 19.7 Å². The average Bonchev–Trinajstić information content (AvgIpc) is 3.59. The van der Waals surface area contributed by atoms with E-state index >= 15 is 0 Å². The number of nitrogens with zero attached hydrogens (tertiary/aromatic N) is 4. The average molecular weight is 526 g/mol. The molecule has 0 spiro atoms. The maximum absolute atomic E-state index is 9.92. The van der Waals surface area contributed by atoms with E-state index in [2.05, 4.69) is 21.3 Å². The number of nitriles is 1. The van der Waals surface area contributed by atoms with Crippen LogP contribution in [0.25, 0.3) is 21.7 Å². The third-order valence-corrected chi connectivity index (χ3v) is 7.75. The number of likely N-dealkylation sites (tertiary alicyclic amines) is 1. The molecule has 0 unspecified atom stereocenters. The van der Waals surface area contributed by atoms with Crippen LogP contribution in [0.1, 0.15) is 29.7 Å². The highest BCUT2D eigenvalue weighted by molar-refractivity contribution is 7.16. The minimum atomic E-state index is 0.481. The molecule has 8 heteroatoms. The van der Waals surface area contributed by atoms with Crippen molar-refractivity contribution in [3.05, 3.63) is 71.2 Å². The van der Waals surface area contributed by atoms with Crippen LogP contribution in [0.2, 0.25) is 0 Å². The largest absolute Gasteiger partial charge is 0.497 e. The van der Waals surface area contributed by atoms with Gasteiger partial charge in [-0.05, 0) is 75.2 Å². The lowest BCUT2D eigenvalue weighted by Crippen LogP contribution is -2.21. The van der Waals surface area contributed by atoms with Crippen LogP contribution in [0, 0.1) is 18.3 Å². The van der Waals surface area contributed by atoms with Crippen molar-refractivity contribution in [2.24, 2.45) is 0 Å². The molecule has 7 nitrogen and oxygen atoms in total. The molecule has 0 amide bonds. The van der Waals surface area contributed by atoms with Gasteiger partial charge in [-0.1, -0.05) is 18.2 Å². The van der Waals surface area contributed by atoms with Gasteiger partial charge in [0.05, 0.1) is 29.9 Å². The van der Waals surface area contributed by atoms with Gasteiger partial charge in [0, 0.05) is 34.9 Å². The van der Waals surface area contributed by atoms with Gasteiger partial charge in [0.2, 0.25) is 5.95 Å². The number of benzene rings is 2. The molecule has 1 N–H and O–H groups in total. The summed E-state index contributed by atoms with van der Waals surface area (Å²) in [5, 5.41) is 13.2. The molecule has 2 aromatic heterocycles. The summed E-state index contributed by atoms with van der Waals surface area (Å²) < 4.78 is 11.4. The Hall–Kier alpha value is -3.93. The minimum Gasteiger partial charge on any atom is -0.497 e. The first-order valence-electron chi connectivity index (χ1n) is 12.9. The van der Waals surface area contributed by atoms with Gasteiger partial charge in [-0.2, -0.15) is 5.26 Å². The van der Waals surface area contributed by atoms with E-state index < -0.39 is 0 Å². The van der Waals surface area contributed by atoms with Crippen molar-refractivity contribution in [2.45, 2.75) is 26.2 Å². The second kappa shape index (κ2) is 12.1. The van der Waals surface area contributed by atoms with Crippen molar-refractivity contribution < 1.29 is 9.47 Å². The van der Waals surface area contributed by atoms with Gasteiger partial charge in [-0.3, -0.25) is 0 Å². The summed E-state index contributed by atoms with van der Waals surface area (Å²) in [4.78, 5) is 13.6. The molecule has 3 heterocycles. The normalized spacial score (nSPS) is 13.3. The summed E-state index contributed by atoms with van der Waals surface area (Å²) in [6.45, 7) is 6.17. The maximum Gasteiger partial charge on any atom is 0.227 e. The van der Waals surface area contributed by atoms with E-state index in [9.17, 15) is 5.26 Å². The monoisotopic (exact) mass is 525 g/mol. The Bertz CT molecular complexity index is 1440. The van der Waals surface area contributed by atoms with Crippen LogP contribution in [0.15, 0.2) is 60.8 Å². The number of rotatable bonds is 10. The van der Waals surface area contributed by atoms with Gasteiger partial charge in [0.15, 0.2) is 0 Å². The van der Waals surface area contributed by atoms with Gasteiger partial charge >= 0.3 is 0 Å². The smallest absolute Gasteiger partial charge is 0.227 e. The highest BCUT2D eigenvalue weighted by Gasteiger charge is 2.20. The van der Waals surface area contributed by atoms with Crippen molar-refractivity contribution in [3.8, 4) is 39.3 Å². The molecule has 38 heavy (non-hydrogen) atoms. The molecular weight excluding hydrogens is 494 g/mol. The Morgan fingerprint density at radius 1 is 1.08 bits per heavy atom. The van der Waals surface area contributed by atoms with Gasteiger partial charge in [0.1, 0.15) is 17.6 Å². The van der Waals surface area contributed by atoms with Crippen molar-refractivity contribution in [3.63, 3.8) is 0 Å². The summed E-state index contributed by atoms with van der Waals surface area (Å²) >= 11 is 1.56. The lowest BCUT2D eigenvalue weighted by Gasteiger charge is -2.14. The van der Waals surface area contributed by atoms with E-state index in [4.69, 9.17) is 14.5 Å².